The highest BCUT2D eigenvalue weighted by Gasteiger charge is 2.06. The zero-order valence-electron chi connectivity index (χ0n) is 12.2. The molecule has 0 aliphatic carbocycles. The molecule has 1 heterocycles. The van der Waals surface area contributed by atoms with Crippen LogP contribution in [0.2, 0.25) is 0 Å². The Morgan fingerprint density at radius 3 is 2.80 bits per heavy atom. The van der Waals surface area contributed by atoms with Crippen LogP contribution >= 0.6 is 11.3 Å². The van der Waals surface area contributed by atoms with E-state index < -0.39 is 0 Å². The van der Waals surface area contributed by atoms with E-state index in [1.165, 1.54) is 15.3 Å². The number of benzene rings is 1. The van der Waals surface area contributed by atoms with Crippen LogP contribution in [0.4, 0.5) is 0 Å². The fourth-order valence-corrected chi connectivity index (χ4v) is 3.10. The molecule has 1 aromatic heterocycles. The molecular weight excluding hydrogens is 270 g/mol. The summed E-state index contributed by atoms with van der Waals surface area (Å²) in [6.07, 6.45) is 0. The van der Waals surface area contributed by atoms with Crippen molar-refractivity contribution in [2.75, 3.05) is 14.2 Å². The molecule has 0 bridgehead atoms. The molecule has 0 radical (unpaired) electrons. The monoisotopic (exact) mass is 291 g/mol. The summed E-state index contributed by atoms with van der Waals surface area (Å²) in [5.41, 5.74) is 2.39. The number of ether oxygens (including phenoxy) is 2. The first-order valence-electron chi connectivity index (χ1n) is 6.66. The van der Waals surface area contributed by atoms with Gasteiger partial charge in [0.25, 0.3) is 0 Å². The minimum atomic E-state index is 0.612. The fraction of sp³-hybridized carbons (Fsp3) is 0.375. The molecular formula is C16H21NO2S. The van der Waals surface area contributed by atoms with E-state index in [4.69, 9.17) is 9.47 Å². The lowest BCUT2D eigenvalue weighted by molar-refractivity contribution is 0.184. The highest BCUT2D eigenvalue weighted by Crippen LogP contribution is 2.23. The second-order valence-corrected chi connectivity index (χ2v) is 6.03. The van der Waals surface area contributed by atoms with Crippen LogP contribution in [0, 0.1) is 6.92 Å². The molecule has 0 spiro atoms. The Hall–Kier alpha value is -1.36. The van der Waals surface area contributed by atoms with Crippen molar-refractivity contribution in [2.24, 2.45) is 0 Å². The average molecular weight is 291 g/mol. The van der Waals surface area contributed by atoms with E-state index in [2.05, 4.69) is 18.3 Å². The smallest absolute Gasteiger partial charge is 0.120 e. The number of hydrogen-bond acceptors (Lipinski definition) is 4. The van der Waals surface area contributed by atoms with Crippen molar-refractivity contribution in [3.05, 3.63) is 51.2 Å². The zero-order valence-corrected chi connectivity index (χ0v) is 13.0. The van der Waals surface area contributed by atoms with E-state index in [1.807, 2.05) is 42.6 Å². The summed E-state index contributed by atoms with van der Waals surface area (Å²) in [5, 5.41) is 3.18. The molecule has 0 aliphatic rings. The molecule has 3 nitrogen and oxygen atoms in total. The predicted octanol–water partition coefficient (Wildman–Crippen LogP) is 3.50. The lowest BCUT2D eigenvalue weighted by Gasteiger charge is -2.07. The maximum absolute atomic E-state index is 5.88. The van der Waals surface area contributed by atoms with Crippen molar-refractivity contribution in [1.82, 2.24) is 5.32 Å². The van der Waals surface area contributed by atoms with E-state index in [9.17, 15) is 0 Å². The van der Waals surface area contributed by atoms with Gasteiger partial charge in [0.1, 0.15) is 12.4 Å². The van der Waals surface area contributed by atoms with Crippen molar-refractivity contribution in [1.29, 1.82) is 0 Å². The summed E-state index contributed by atoms with van der Waals surface area (Å²) < 4.78 is 11.0. The quantitative estimate of drug-likeness (QED) is 0.847. The van der Waals surface area contributed by atoms with E-state index in [-0.39, 0.29) is 0 Å². The highest BCUT2D eigenvalue weighted by atomic mass is 32.1. The van der Waals surface area contributed by atoms with Gasteiger partial charge in [-0.15, -0.1) is 11.3 Å². The number of methoxy groups -OCH3 is 1. The van der Waals surface area contributed by atoms with Crippen LogP contribution in [-0.4, -0.2) is 14.2 Å². The maximum Gasteiger partial charge on any atom is 0.120 e. The van der Waals surface area contributed by atoms with Gasteiger partial charge in [-0.25, -0.2) is 0 Å². The molecule has 0 saturated carbocycles. The second kappa shape index (κ2) is 7.43. The number of aryl methyl sites for hydroxylation is 1. The summed E-state index contributed by atoms with van der Waals surface area (Å²) in [7, 11) is 3.66. The lowest BCUT2D eigenvalue weighted by atomic mass is 10.2. The van der Waals surface area contributed by atoms with Crippen molar-refractivity contribution in [3.8, 4) is 5.75 Å². The van der Waals surface area contributed by atoms with Crippen LogP contribution in [0.15, 0.2) is 30.3 Å². The Labute approximate surface area is 124 Å². The Kier molecular flexibility index (Phi) is 5.59. The van der Waals surface area contributed by atoms with Crippen LogP contribution in [0.1, 0.15) is 20.9 Å². The van der Waals surface area contributed by atoms with E-state index in [1.54, 1.807) is 7.11 Å². The fourth-order valence-electron chi connectivity index (χ4n) is 2.05. The largest absolute Gasteiger partial charge is 0.489 e. The number of hydrogen-bond donors (Lipinski definition) is 1. The van der Waals surface area contributed by atoms with Crippen molar-refractivity contribution in [2.45, 2.75) is 26.7 Å². The Morgan fingerprint density at radius 1 is 1.20 bits per heavy atom. The van der Waals surface area contributed by atoms with Crippen molar-refractivity contribution >= 4 is 11.3 Å². The molecule has 0 fully saturated rings. The normalized spacial score (nSPS) is 10.8. The summed E-state index contributed by atoms with van der Waals surface area (Å²) in [4.78, 5) is 2.67. The van der Waals surface area contributed by atoms with Gasteiger partial charge in [0, 0.05) is 29.0 Å². The summed E-state index contributed by atoms with van der Waals surface area (Å²) in [6, 6.07) is 10.3. The molecule has 2 aromatic rings. The predicted molar refractivity (Wildman–Crippen MR) is 83.3 cm³/mol. The molecule has 4 heteroatoms. The van der Waals surface area contributed by atoms with Gasteiger partial charge < -0.3 is 14.8 Å². The SMILES string of the molecule is CNCc1cc(COc2cccc(COC)c2)c(C)s1. The Morgan fingerprint density at radius 2 is 2.05 bits per heavy atom. The Bertz CT molecular complexity index is 551. The van der Waals surface area contributed by atoms with Crippen molar-refractivity contribution < 1.29 is 9.47 Å². The van der Waals surface area contributed by atoms with Crippen LogP contribution in [0.3, 0.4) is 0 Å². The summed E-state index contributed by atoms with van der Waals surface area (Å²) in [5.74, 6) is 0.889. The molecule has 0 saturated heterocycles. The molecule has 1 aromatic carbocycles. The molecule has 108 valence electrons. The van der Waals surface area contributed by atoms with Gasteiger partial charge >= 0.3 is 0 Å². The third-order valence-electron chi connectivity index (χ3n) is 3.03. The third-order valence-corrected chi connectivity index (χ3v) is 4.12. The molecule has 0 amide bonds. The van der Waals surface area contributed by atoms with E-state index >= 15 is 0 Å². The minimum Gasteiger partial charge on any atom is -0.489 e. The number of nitrogens with one attached hydrogen (secondary N) is 1. The molecule has 0 unspecified atom stereocenters. The van der Waals surface area contributed by atoms with E-state index in [0.29, 0.717) is 13.2 Å². The topological polar surface area (TPSA) is 30.5 Å². The minimum absolute atomic E-state index is 0.612. The van der Waals surface area contributed by atoms with Crippen LogP contribution < -0.4 is 10.1 Å². The lowest BCUT2D eigenvalue weighted by Crippen LogP contribution is -2.02. The summed E-state index contributed by atoms with van der Waals surface area (Å²) in [6.45, 7) is 4.28. The van der Waals surface area contributed by atoms with E-state index in [0.717, 1.165) is 17.9 Å². The standard InChI is InChI=1S/C16H21NO2S/c1-12-14(8-16(20-12)9-17-2)11-19-15-6-4-5-13(7-15)10-18-3/h4-8,17H,9-11H2,1-3H3. The third kappa shape index (κ3) is 4.07. The highest BCUT2D eigenvalue weighted by molar-refractivity contribution is 7.12. The maximum atomic E-state index is 5.88. The van der Waals surface area contributed by atoms with Gasteiger partial charge in [0.2, 0.25) is 0 Å². The number of rotatable bonds is 7. The van der Waals surface area contributed by atoms with Crippen LogP contribution in [0.5, 0.6) is 5.75 Å². The van der Waals surface area contributed by atoms with Crippen LogP contribution in [0.25, 0.3) is 0 Å². The first-order valence-corrected chi connectivity index (χ1v) is 7.48. The molecule has 0 aliphatic heterocycles. The van der Waals surface area contributed by atoms with Crippen molar-refractivity contribution in [3.63, 3.8) is 0 Å². The van der Waals surface area contributed by atoms with Gasteiger partial charge in [-0.3, -0.25) is 0 Å². The number of thiophene rings is 1. The molecule has 20 heavy (non-hydrogen) atoms. The summed E-state index contributed by atoms with van der Waals surface area (Å²) >= 11 is 1.82. The van der Waals surface area contributed by atoms with Gasteiger partial charge in [-0.2, -0.15) is 0 Å². The Balaban J connectivity index is 1.99. The van der Waals surface area contributed by atoms with Gasteiger partial charge in [-0.05, 0) is 37.7 Å². The zero-order chi connectivity index (χ0) is 14.4. The average Bonchev–Trinajstić information content (AvgIpc) is 2.78. The molecule has 0 atom stereocenters. The van der Waals surface area contributed by atoms with Crippen LogP contribution in [-0.2, 0) is 24.5 Å². The second-order valence-electron chi connectivity index (χ2n) is 4.69. The van der Waals surface area contributed by atoms with Gasteiger partial charge in [0.05, 0.1) is 6.61 Å². The first kappa shape index (κ1) is 15.0. The molecule has 1 N–H and O–H groups in total. The van der Waals surface area contributed by atoms with Gasteiger partial charge in [-0.1, -0.05) is 12.1 Å². The van der Waals surface area contributed by atoms with Gasteiger partial charge in [0.15, 0.2) is 0 Å². The first-order chi connectivity index (χ1) is 9.72. The molecule has 2 rings (SSSR count).